The molecule has 0 saturated carbocycles. The maximum Gasteiger partial charge on any atom is 0.339 e. The number of thiophene rings is 1. The third-order valence-electron chi connectivity index (χ3n) is 4.59. The summed E-state index contributed by atoms with van der Waals surface area (Å²) in [6.07, 6.45) is 1.68. The van der Waals surface area contributed by atoms with E-state index in [2.05, 4.69) is 10.3 Å². The normalized spacial score (nSPS) is 11.0. The number of benzene rings is 1. The van der Waals surface area contributed by atoms with Gasteiger partial charge in [0, 0.05) is 23.9 Å². The number of halogens is 1. The molecular formula is C22H24ClN3O4S. The van der Waals surface area contributed by atoms with E-state index >= 15 is 0 Å². The largest absolute Gasteiger partial charge is 0.462 e. The quantitative estimate of drug-likeness (QED) is 0.353. The number of nitrogens with two attached hydrogens (primary N) is 1. The topological polar surface area (TPSA) is 104 Å². The van der Waals surface area contributed by atoms with Crippen LogP contribution >= 0.6 is 22.9 Å². The number of methoxy groups -OCH3 is 1. The van der Waals surface area contributed by atoms with Crippen LogP contribution in [0, 0.1) is 6.92 Å². The number of carbonyl (C=O) groups excluding carboxylic acids is 2. The first-order valence-corrected chi connectivity index (χ1v) is 11.0. The first-order valence-electron chi connectivity index (χ1n) is 9.81. The summed E-state index contributed by atoms with van der Waals surface area (Å²) in [5, 5.41) is 3.76. The number of nitrogens with one attached hydrogen (secondary N) is 1. The minimum absolute atomic E-state index is 0.194. The van der Waals surface area contributed by atoms with Gasteiger partial charge in [-0.15, -0.1) is 11.3 Å². The first kappa shape index (κ1) is 23.0. The number of ether oxygens (including phenoxy) is 2. The van der Waals surface area contributed by atoms with E-state index < -0.39 is 11.9 Å². The van der Waals surface area contributed by atoms with Crippen LogP contribution < -0.4 is 11.1 Å². The summed E-state index contributed by atoms with van der Waals surface area (Å²) in [4.78, 5) is 30.8. The lowest BCUT2D eigenvalue weighted by Gasteiger charge is -2.09. The predicted octanol–water partition coefficient (Wildman–Crippen LogP) is 5.20. The van der Waals surface area contributed by atoms with Crippen LogP contribution in [-0.2, 0) is 16.1 Å². The molecule has 0 aliphatic carbocycles. The summed E-state index contributed by atoms with van der Waals surface area (Å²) >= 11 is 7.36. The number of nitrogens with zero attached hydrogens (tertiary/aromatic N) is 1. The highest BCUT2D eigenvalue weighted by Gasteiger charge is 2.21. The van der Waals surface area contributed by atoms with E-state index in [0.717, 1.165) is 29.5 Å². The molecule has 7 nitrogen and oxygen atoms in total. The number of fused-ring (bicyclic) bond motifs is 1. The van der Waals surface area contributed by atoms with E-state index in [1.165, 1.54) is 17.4 Å². The molecule has 3 aromatic rings. The molecule has 3 rings (SSSR count). The lowest BCUT2D eigenvalue weighted by atomic mass is 10.1. The van der Waals surface area contributed by atoms with Crippen molar-refractivity contribution in [1.82, 2.24) is 4.98 Å². The number of nitrogen functional groups attached to an aromatic ring is 1. The second-order valence-electron chi connectivity index (χ2n) is 7.02. The Morgan fingerprint density at radius 2 is 2.06 bits per heavy atom. The maximum absolute atomic E-state index is 12.9. The summed E-state index contributed by atoms with van der Waals surface area (Å²) in [5.41, 5.74) is 8.95. The SMILES string of the molecule is CCCCOC(=O)c1cc(NC(=O)c2sc3nc(C)cc(COC)c3c2N)ccc1Cl. The van der Waals surface area contributed by atoms with E-state index in [1.54, 1.807) is 19.2 Å². The highest BCUT2D eigenvalue weighted by molar-refractivity contribution is 7.21. The van der Waals surface area contributed by atoms with Gasteiger partial charge in [0.25, 0.3) is 5.91 Å². The van der Waals surface area contributed by atoms with Crippen LogP contribution in [-0.4, -0.2) is 30.6 Å². The third kappa shape index (κ3) is 5.15. The van der Waals surface area contributed by atoms with Crippen molar-refractivity contribution in [2.45, 2.75) is 33.3 Å². The van der Waals surface area contributed by atoms with Crippen molar-refractivity contribution in [3.05, 3.63) is 51.0 Å². The van der Waals surface area contributed by atoms with Crippen molar-refractivity contribution in [3.63, 3.8) is 0 Å². The van der Waals surface area contributed by atoms with Crippen LogP contribution in [0.1, 0.15) is 51.1 Å². The molecule has 3 N–H and O–H groups in total. The Balaban J connectivity index is 1.87. The summed E-state index contributed by atoms with van der Waals surface area (Å²) in [5.74, 6) is -0.922. The van der Waals surface area contributed by atoms with Gasteiger partial charge in [-0.3, -0.25) is 4.79 Å². The fourth-order valence-corrected chi connectivity index (χ4v) is 4.39. The average molecular weight is 462 g/mol. The number of hydrogen-bond donors (Lipinski definition) is 2. The van der Waals surface area contributed by atoms with E-state index in [-0.39, 0.29) is 10.6 Å². The van der Waals surface area contributed by atoms with Crippen LogP contribution in [0.4, 0.5) is 11.4 Å². The van der Waals surface area contributed by atoms with Gasteiger partial charge in [-0.2, -0.15) is 0 Å². The van der Waals surface area contributed by atoms with Crippen molar-refractivity contribution in [1.29, 1.82) is 0 Å². The number of rotatable bonds is 8. The van der Waals surface area contributed by atoms with E-state index in [9.17, 15) is 9.59 Å². The fourth-order valence-electron chi connectivity index (χ4n) is 3.11. The van der Waals surface area contributed by atoms with Crippen molar-refractivity contribution >= 4 is 56.4 Å². The average Bonchev–Trinajstić information content (AvgIpc) is 3.06. The van der Waals surface area contributed by atoms with Crippen molar-refractivity contribution < 1.29 is 19.1 Å². The molecule has 1 amide bonds. The van der Waals surface area contributed by atoms with Crippen LogP contribution in [0.5, 0.6) is 0 Å². The van der Waals surface area contributed by atoms with Gasteiger partial charge >= 0.3 is 5.97 Å². The van der Waals surface area contributed by atoms with E-state index in [4.69, 9.17) is 26.8 Å². The number of aryl methyl sites for hydroxylation is 1. The number of hydrogen-bond acceptors (Lipinski definition) is 7. The lowest BCUT2D eigenvalue weighted by Crippen LogP contribution is -2.13. The molecule has 31 heavy (non-hydrogen) atoms. The van der Waals surface area contributed by atoms with Crippen LogP contribution in [0.2, 0.25) is 5.02 Å². The van der Waals surface area contributed by atoms with Gasteiger partial charge in [0.05, 0.1) is 29.5 Å². The van der Waals surface area contributed by atoms with Gasteiger partial charge < -0.3 is 20.5 Å². The number of esters is 1. The van der Waals surface area contributed by atoms with E-state index in [0.29, 0.717) is 34.3 Å². The summed E-state index contributed by atoms with van der Waals surface area (Å²) in [6.45, 7) is 4.56. The minimum Gasteiger partial charge on any atom is -0.462 e. The van der Waals surface area contributed by atoms with Crippen LogP contribution in [0.15, 0.2) is 24.3 Å². The van der Waals surface area contributed by atoms with Gasteiger partial charge in [-0.05, 0) is 43.2 Å². The maximum atomic E-state index is 12.9. The number of carbonyl (C=O) groups is 2. The van der Waals surface area contributed by atoms with Crippen molar-refractivity contribution in [2.75, 3.05) is 24.8 Å². The van der Waals surface area contributed by atoms with Gasteiger partial charge in [-0.1, -0.05) is 24.9 Å². The summed E-state index contributed by atoms with van der Waals surface area (Å²) in [6, 6.07) is 6.55. The molecule has 0 saturated heterocycles. The molecule has 2 aromatic heterocycles. The van der Waals surface area contributed by atoms with Gasteiger partial charge in [0.1, 0.15) is 9.71 Å². The van der Waals surface area contributed by atoms with Gasteiger partial charge in [0.15, 0.2) is 0 Å². The van der Waals surface area contributed by atoms with Crippen LogP contribution in [0.3, 0.4) is 0 Å². The van der Waals surface area contributed by atoms with Gasteiger partial charge in [-0.25, -0.2) is 9.78 Å². The lowest BCUT2D eigenvalue weighted by molar-refractivity contribution is 0.0500. The third-order valence-corrected chi connectivity index (χ3v) is 6.02. The monoisotopic (exact) mass is 461 g/mol. The first-order chi connectivity index (χ1) is 14.8. The van der Waals surface area contributed by atoms with Gasteiger partial charge in [0.2, 0.25) is 0 Å². The number of unbranched alkanes of at least 4 members (excludes halogenated alkanes) is 1. The zero-order chi connectivity index (χ0) is 22.5. The Labute approximate surface area is 189 Å². The molecule has 0 bridgehead atoms. The zero-order valence-corrected chi connectivity index (χ0v) is 19.2. The number of amides is 1. The van der Waals surface area contributed by atoms with E-state index in [1.807, 2.05) is 19.9 Å². The Hall–Kier alpha value is -2.68. The highest BCUT2D eigenvalue weighted by atomic mass is 35.5. The molecular weight excluding hydrogens is 438 g/mol. The Bertz CT molecular complexity index is 1130. The second-order valence-corrected chi connectivity index (χ2v) is 8.43. The summed E-state index contributed by atoms with van der Waals surface area (Å²) < 4.78 is 10.5. The molecule has 0 unspecified atom stereocenters. The summed E-state index contributed by atoms with van der Waals surface area (Å²) in [7, 11) is 1.60. The smallest absolute Gasteiger partial charge is 0.339 e. The minimum atomic E-state index is -0.528. The molecule has 0 radical (unpaired) electrons. The molecule has 0 spiro atoms. The second kappa shape index (κ2) is 10.1. The molecule has 0 aliphatic heterocycles. The van der Waals surface area contributed by atoms with Crippen molar-refractivity contribution in [3.8, 4) is 0 Å². The Kier molecular flexibility index (Phi) is 7.48. The molecule has 0 fully saturated rings. The fraction of sp³-hybridized carbons (Fsp3) is 0.318. The molecule has 0 aliphatic rings. The predicted molar refractivity (Wildman–Crippen MR) is 124 cm³/mol. The highest BCUT2D eigenvalue weighted by Crippen LogP contribution is 2.36. The van der Waals surface area contributed by atoms with Crippen molar-refractivity contribution in [2.24, 2.45) is 0 Å². The molecule has 2 heterocycles. The van der Waals surface area contributed by atoms with Crippen LogP contribution in [0.25, 0.3) is 10.2 Å². The standard InChI is InChI=1S/C22H24ClN3O4S/c1-4-5-8-30-22(28)15-10-14(6-7-16(15)23)26-20(27)19-18(24)17-13(11-29-3)9-12(2)25-21(17)31-19/h6-7,9-10H,4-5,8,11,24H2,1-3H3,(H,26,27). The Morgan fingerprint density at radius 3 is 2.77 bits per heavy atom. The zero-order valence-electron chi connectivity index (χ0n) is 17.6. The molecule has 164 valence electrons. The molecule has 0 atom stereocenters. The number of pyridine rings is 1. The molecule has 1 aromatic carbocycles. The number of aromatic nitrogens is 1. The Morgan fingerprint density at radius 1 is 1.29 bits per heavy atom. The number of anilines is 2. The molecule has 9 heteroatoms.